The number of halogens is 1. The lowest BCUT2D eigenvalue weighted by Crippen LogP contribution is -2.47. The SMILES string of the molecule is C=CCOC(=O)NC1CCN(C(=O)COc2ccc(Cl)cc2)CC1. The number of benzene rings is 1. The molecule has 1 saturated heterocycles. The molecule has 0 spiro atoms. The number of carbonyl (C=O) groups excluding carboxylic acids is 2. The van der Waals surface area contributed by atoms with Crippen LogP contribution in [-0.2, 0) is 9.53 Å². The van der Waals surface area contributed by atoms with Gasteiger partial charge >= 0.3 is 6.09 Å². The van der Waals surface area contributed by atoms with E-state index in [1.807, 2.05) is 0 Å². The van der Waals surface area contributed by atoms with E-state index in [2.05, 4.69) is 11.9 Å². The maximum Gasteiger partial charge on any atom is 0.407 e. The molecule has 0 saturated carbocycles. The first kappa shape index (κ1) is 18.1. The van der Waals surface area contributed by atoms with E-state index in [9.17, 15) is 9.59 Å². The molecule has 2 amide bonds. The first-order chi connectivity index (χ1) is 11.6. The van der Waals surface area contributed by atoms with Gasteiger partial charge in [-0.25, -0.2) is 4.79 Å². The highest BCUT2D eigenvalue weighted by Crippen LogP contribution is 2.16. The largest absolute Gasteiger partial charge is 0.484 e. The number of hydrogen-bond acceptors (Lipinski definition) is 4. The van der Waals surface area contributed by atoms with Crippen LogP contribution in [0.3, 0.4) is 0 Å². The van der Waals surface area contributed by atoms with E-state index in [-0.39, 0.29) is 25.2 Å². The second-order valence-electron chi connectivity index (χ2n) is 5.43. The van der Waals surface area contributed by atoms with Gasteiger partial charge in [-0.3, -0.25) is 4.79 Å². The molecule has 7 heteroatoms. The van der Waals surface area contributed by atoms with Gasteiger partial charge in [-0.05, 0) is 37.1 Å². The summed E-state index contributed by atoms with van der Waals surface area (Å²) in [7, 11) is 0. The average Bonchev–Trinajstić information content (AvgIpc) is 2.60. The van der Waals surface area contributed by atoms with Crippen molar-refractivity contribution in [3.63, 3.8) is 0 Å². The van der Waals surface area contributed by atoms with E-state index in [0.717, 1.165) is 0 Å². The number of nitrogens with one attached hydrogen (secondary N) is 1. The van der Waals surface area contributed by atoms with Gasteiger partial charge in [0.1, 0.15) is 12.4 Å². The Bertz CT molecular complexity index is 568. The summed E-state index contributed by atoms with van der Waals surface area (Å²) >= 11 is 5.80. The van der Waals surface area contributed by atoms with Crippen molar-refractivity contribution in [3.05, 3.63) is 41.9 Å². The average molecular weight is 353 g/mol. The van der Waals surface area contributed by atoms with Crippen LogP contribution in [0.4, 0.5) is 4.79 Å². The molecular formula is C17H21ClN2O4. The maximum absolute atomic E-state index is 12.2. The van der Waals surface area contributed by atoms with Crippen molar-refractivity contribution >= 4 is 23.6 Å². The van der Waals surface area contributed by atoms with Gasteiger partial charge in [-0.1, -0.05) is 24.3 Å². The Morgan fingerprint density at radius 1 is 1.29 bits per heavy atom. The fourth-order valence-corrected chi connectivity index (χ4v) is 2.51. The maximum atomic E-state index is 12.2. The van der Waals surface area contributed by atoms with Gasteiger partial charge in [0.05, 0.1) is 0 Å². The van der Waals surface area contributed by atoms with Crippen molar-refractivity contribution in [3.8, 4) is 5.75 Å². The highest BCUT2D eigenvalue weighted by Gasteiger charge is 2.24. The van der Waals surface area contributed by atoms with Crippen LogP contribution in [-0.4, -0.2) is 49.2 Å². The molecular weight excluding hydrogens is 332 g/mol. The molecule has 1 N–H and O–H groups in total. The number of rotatable bonds is 6. The minimum absolute atomic E-state index is 0.0128. The zero-order valence-electron chi connectivity index (χ0n) is 13.4. The number of carbonyl (C=O) groups is 2. The standard InChI is InChI=1S/C17H21ClN2O4/c1-2-11-23-17(22)19-14-7-9-20(10-8-14)16(21)12-24-15-5-3-13(18)4-6-15/h2-6,14H,1,7-12H2,(H,19,22). The van der Waals surface area contributed by atoms with E-state index in [1.165, 1.54) is 6.08 Å². The second-order valence-corrected chi connectivity index (χ2v) is 5.87. The Balaban J connectivity index is 1.69. The molecule has 0 bridgehead atoms. The Hall–Kier alpha value is -2.21. The molecule has 1 aliphatic rings. The van der Waals surface area contributed by atoms with Crippen molar-refractivity contribution in [2.24, 2.45) is 0 Å². The normalized spacial score (nSPS) is 14.8. The molecule has 1 aliphatic heterocycles. The molecule has 1 aromatic rings. The van der Waals surface area contributed by atoms with Crippen LogP contribution in [0.25, 0.3) is 0 Å². The molecule has 0 aliphatic carbocycles. The van der Waals surface area contributed by atoms with Crippen LogP contribution in [0.15, 0.2) is 36.9 Å². The van der Waals surface area contributed by atoms with Crippen LogP contribution >= 0.6 is 11.6 Å². The smallest absolute Gasteiger partial charge is 0.407 e. The predicted octanol–water partition coefficient (Wildman–Crippen LogP) is 2.62. The predicted molar refractivity (Wildman–Crippen MR) is 91.2 cm³/mol. The number of alkyl carbamates (subject to hydrolysis) is 1. The zero-order chi connectivity index (χ0) is 17.4. The molecule has 2 rings (SSSR count). The molecule has 1 heterocycles. The minimum atomic E-state index is -0.453. The molecule has 0 unspecified atom stereocenters. The fourth-order valence-electron chi connectivity index (χ4n) is 2.38. The molecule has 6 nitrogen and oxygen atoms in total. The quantitative estimate of drug-likeness (QED) is 0.799. The summed E-state index contributed by atoms with van der Waals surface area (Å²) in [5, 5.41) is 3.41. The summed E-state index contributed by atoms with van der Waals surface area (Å²) in [5.41, 5.74) is 0. The van der Waals surface area contributed by atoms with Gasteiger partial charge in [-0.15, -0.1) is 0 Å². The Labute approximate surface area is 146 Å². The summed E-state index contributed by atoms with van der Waals surface area (Å²) in [6.45, 7) is 4.81. The van der Waals surface area contributed by atoms with Crippen molar-refractivity contribution < 1.29 is 19.1 Å². The van der Waals surface area contributed by atoms with Gasteiger partial charge < -0.3 is 19.7 Å². The lowest BCUT2D eigenvalue weighted by atomic mass is 10.1. The van der Waals surface area contributed by atoms with Crippen LogP contribution in [0.5, 0.6) is 5.75 Å². The van der Waals surface area contributed by atoms with E-state index in [1.54, 1.807) is 29.2 Å². The van der Waals surface area contributed by atoms with E-state index in [0.29, 0.717) is 36.7 Å². The molecule has 0 radical (unpaired) electrons. The summed E-state index contributed by atoms with van der Waals surface area (Å²) in [4.78, 5) is 25.4. The monoisotopic (exact) mass is 352 g/mol. The van der Waals surface area contributed by atoms with Crippen LogP contribution in [0.1, 0.15) is 12.8 Å². The molecule has 1 aromatic carbocycles. The molecule has 130 valence electrons. The number of piperidine rings is 1. The number of ether oxygens (including phenoxy) is 2. The highest BCUT2D eigenvalue weighted by molar-refractivity contribution is 6.30. The summed E-state index contributed by atoms with van der Waals surface area (Å²) in [6, 6.07) is 6.89. The molecule has 0 atom stereocenters. The van der Waals surface area contributed by atoms with Gasteiger partial charge in [0.15, 0.2) is 6.61 Å². The lowest BCUT2D eigenvalue weighted by molar-refractivity contribution is -0.134. The van der Waals surface area contributed by atoms with Crippen molar-refractivity contribution in [2.75, 3.05) is 26.3 Å². The number of hydrogen-bond donors (Lipinski definition) is 1. The van der Waals surface area contributed by atoms with Gasteiger partial charge in [0, 0.05) is 24.2 Å². The number of nitrogens with zero attached hydrogens (tertiary/aromatic N) is 1. The fraction of sp³-hybridized carbons (Fsp3) is 0.412. The molecule has 0 aromatic heterocycles. The summed E-state index contributed by atoms with van der Waals surface area (Å²) in [5.74, 6) is 0.534. The van der Waals surface area contributed by atoms with Crippen molar-refractivity contribution in [2.45, 2.75) is 18.9 Å². The van der Waals surface area contributed by atoms with Crippen molar-refractivity contribution in [1.82, 2.24) is 10.2 Å². The topological polar surface area (TPSA) is 67.9 Å². The van der Waals surface area contributed by atoms with Gasteiger partial charge in [0.25, 0.3) is 5.91 Å². The Kier molecular flexibility index (Phi) is 6.93. The Morgan fingerprint density at radius 3 is 2.58 bits per heavy atom. The second kappa shape index (κ2) is 9.17. The van der Waals surface area contributed by atoms with Gasteiger partial charge in [0.2, 0.25) is 0 Å². The summed E-state index contributed by atoms with van der Waals surface area (Å²) in [6.07, 6.45) is 2.44. The third kappa shape index (κ3) is 5.77. The Morgan fingerprint density at radius 2 is 1.96 bits per heavy atom. The summed E-state index contributed by atoms with van der Waals surface area (Å²) < 4.78 is 10.3. The van der Waals surface area contributed by atoms with Gasteiger partial charge in [-0.2, -0.15) is 0 Å². The van der Waals surface area contributed by atoms with E-state index >= 15 is 0 Å². The molecule has 24 heavy (non-hydrogen) atoms. The third-order valence-corrected chi connectivity index (χ3v) is 3.93. The number of likely N-dealkylation sites (tertiary alicyclic amines) is 1. The number of amides is 2. The van der Waals surface area contributed by atoms with Crippen LogP contribution in [0.2, 0.25) is 5.02 Å². The van der Waals surface area contributed by atoms with Crippen LogP contribution in [0, 0.1) is 0 Å². The van der Waals surface area contributed by atoms with Crippen molar-refractivity contribution in [1.29, 1.82) is 0 Å². The lowest BCUT2D eigenvalue weighted by Gasteiger charge is -2.32. The first-order valence-corrected chi connectivity index (χ1v) is 8.16. The minimum Gasteiger partial charge on any atom is -0.484 e. The highest BCUT2D eigenvalue weighted by atomic mass is 35.5. The third-order valence-electron chi connectivity index (χ3n) is 3.68. The van der Waals surface area contributed by atoms with E-state index < -0.39 is 6.09 Å². The zero-order valence-corrected chi connectivity index (χ0v) is 14.1. The first-order valence-electron chi connectivity index (χ1n) is 7.79. The molecule has 1 fully saturated rings. The van der Waals surface area contributed by atoms with E-state index in [4.69, 9.17) is 21.1 Å². The van der Waals surface area contributed by atoms with Crippen LogP contribution < -0.4 is 10.1 Å².